The molecule has 0 aliphatic heterocycles. The third kappa shape index (κ3) is 3.12. The molecule has 0 aliphatic carbocycles. The van der Waals surface area contributed by atoms with Gasteiger partial charge in [-0.3, -0.25) is 4.98 Å². The van der Waals surface area contributed by atoms with Crippen molar-refractivity contribution in [1.29, 1.82) is 0 Å². The lowest BCUT2D eigenvalue weighted by molar-refractivity contribution is 0.0589. The fourth-order valence-electron chi connectivity index (χ4n) is 2.40. The molecule has 3 rings (SSSR count). The quantitative estimate of drug-likeness (QED) is 0.406. The van der Waals surface area contributed by atoms with Crippen molar-refractivity contribution in [2.24, 2.45) is 0 Å². The molecular formula is C16H11BrFIN2O2. The van der Waals surface area contributed by atoms with Gasteiger partial charge < -0.3 is 9.30 Å². The number of benzene rings is 1. The fourth-order valence-corrected chi connectivity index (χ4v) is 3.29. The number of methoxy groups -OCH3 is 1. The minimum atomic E-state index is -0.473. The van der Waals surface area contributed by atoms with Crippen molar-refractivity contribution in [3.8, 4) is 0 Å². The van der Waals surface area contributed by atoms with Gasteiger partial charge in [0.1, 0.15) is 11.5 Å². The van der Waals surface area contributed by atoms with Gasteiger partial charge in [-0.2, -0.15) is 0 Å². The van der Waals surface area contributed by atoms with Gasteiger partial charge in [0.25, 0.3) is 0 Å². The standard InChI is InChI=1S/C16H11BrFIN2O2/c1-23-16(22)14-5-11-12(17)6-20-7-15(11)21(14)8-9-2-3-10(19)4-13(9)18/h2-7H,8H2,1H3. The van der Waals surface area contributed by atoms with Crippen molar-refractivity contribution in [2.45, 2.75) is 6.54 Å². The van der Waals surface area contributed by atoms with Crippen LogP contribution in [0.3, 0.4) is 0 Å². The van der Waals surface area contributed by atoms with Gasteiger partial charge in [-0.1, -0.05) is 6.07 Å². The van der Waals surface area contributed by atoms with Crippen molar-refractivity contribution in [3.63, 3.8) is 0 Å². The number of rotatable bonds is 3. The Hall–Kier alpha value is -1.48. The monoisotopic (exact) mass is 488 g/mol. The van der Waals surface area contributed by atoms with Crippen molar-refractivity contribution < 1.29 is 13.9 Å². The number of aromatic nitrogens is 2. The molecule has 1 aromatic carbocycles. The highest BCUT2D eigenvalue weighted by molar-refractivity contribution is 14.1. The molecule has 0 atom stereocenters. The molecule has 0 N–H and O–H groups in total. The summed E-state index contributed by atoms with van der Waals surface area (Å²) in [6.07, 6.45) is 3.30. The van der Waals surface area contributed by atoms with E-state index in [2.05, 4.69) is 43.5 Å². The minimum absolute atomic E-state index is 0.217. The van der Waals surface area contributed by atoms with E-state index in [1.807, 2.05) is 6.07 Å². The first-order valence-electron chi connectivity index (χ1n) is 6.66. The Morgan fingerprint density at radius 1 is 1.39 bits per heavy atom. The van der Waals surface area contributed by atoms with E-state index < -0.39 is 5.97 Å². The van der Waals surface area contributed by atoms with Crippen molar-refractivity contribution in [2.75, 3.05) is 7.11 Å². The maximum absolute atomic E-state index is 14.2. The van der Waals surface area contributed by atoms with Gasteiger partial charge in [-0.15, -0.1) is 0 Å². The molecule has 7 heteroatoms. The van der Waals surface area contributed by atoms with Crippen LogP contribution in [0, 0.1) is 9.39 Å². The number of nitrogens with zero attached hydrogens (tertiary/aromatic N) is 2. The topological polar surface area (TPSA) is 44.1 Å². The van der Waals surface area contributed by atoms with E-state index in [9.17, 15) is 9.18 Å². The van der Waals surface area contributed by atoms with E-state index >= 15 is 0 Å². The summed E-state index contributed by atoms with van der Waals surface area (Å²) < 4.78 is 22.3. The Balaban J connectivity index is 2.18. The van der Waals surface area contributed by atoms with Crippen LogP contribution in [0.5, 0.6) is 0 Å². The summed E-state index contributed by atoms with van der Waals surface area (Å²) in [6.45, 7) is 0.217. The summed E-state index contributed by atoms with van der Waals surface area (Å²) >= 11 is 5.48. The summed E-state index contributed by atoms with van der Waals surface area (Å²) in [4.78, 5) is 16.2. The highest BCUT2D eigenvalue weighted by atomic mass is 127. The van der Waals surface area contributed by atoms with Crippen LogP contribution in [-0.4, -0.2) is 22.6 Å². The van der Waals surface area contributed by atoms with Crippen molar-refractivity contribution in [1.82, 2.24) is 9.55 Å². The normalized spacial score (nSPS) is 11.0. The first-order chi connectivity index (χ1) is 11.0. The molecule has 0 unspecified atom stereocenters. The van der Waals surface area contributed by atoms with Crippen LogP contribution in [0.1, 0.15) is 16.1 Å². The number of carbonyl (C=O) groups is 1. The van der Waals surface area contributed by atoms with Crippen LogP contribution < -0.4 is 0 Å². The number of fused-ring (bicyclic) bond motifs is 1. The number of hydrogen-bond donors (Lipinski definition) is 0. The average molecular weight is 489 g/mol. The SMILES string of the molecule is COC(=O)c1cc2c(Br)cncc2n1Cc1ccc(I)cc1F. The molecule has 0 fully saturated rings. The molecule has 23 heavy (non-hydrogen) atoms. The molecule has 0 saturated carbocycles. The molecular weight excluding hydrogens is 478 g/mol. The predicted molar refractivity (Wildman–Crippen MR) is 97.0 cm³/mol. The first-order valence-corrected chi connectivity index (χ1v) is 8.53. The molecule has 0 radical (unpaired) electrons. The maximum Gasteiger partial charge on any atom is 0.354 e. The zero-order valence-electron chi connectivity index (χ0n) is 12.0. The third-order valence-corrected chi connectivity index (χ3v) is 4.82. The van der Waals surface area contributed by atoms with Crippen molar-refractivity contribution in [3.05, 3.63) is 61.8 Å². The predicted octanol–water partition coefficient (Wildman–Crippen LogP) is 4.38. The second-order valence-electron chi connectivity index (χ2n) is 4.90. The summed E-state index contributed by atoms with van der Waals surface area (Å²) in [5, 5.41) is 0.825. The number of carbonyl (C=O) groups excluding carboxylic acids is 1. The van der Waals surface area contributed by atoms with Gasteiger partial charge >= 0.3 is 5.97 Å². The molecule has 0 saturated heterocycles. The Morgan fingerprint density at radius 2 is 2.17 bits per heavy atom. The molecule has 2 aromatic heterocycles. The summed E-state index contributed by atoms with van der Waals surface area (Å²) in [5.41, 5.74) is 1.58. The van der Waals surface area contributed by atoms with Gasteiger partial charge in [0, 0.05) is 25.2 Å². The number of ether oxygens (including phenoxy) is 1. The Bertz CT molecular complexity index is 910. The van der Waals surface area contributed by atoms with Gasteiger partial charge in [0.05, 0.1) is 25.4 Å². The van der Waals surface area contributed by atoms with Crippen LogP contribution in [-0.2, 0) is 11.3 Å². The number of pyridine rings is 1. The molecule has 2 heterocycles. The van der Waals surface area contributed by atoms with Crippen LogP contribution in [0.4, 0.5) is 4.39 Å². The van der Waals surface area contributed by atoms with Gasteiger partial charge in [-0.05, 0) is 56.7 Å². The van der Waals surface area contributed by atoms with E-state index in [0.29, 0.717) is 11.3 Å². The maximum atomic E-state index is 14.2. The molecule has 0 aliphatic rings. The Kier molecular flexibility index (Phi) is 4.67. The van der Waals surface area contributed by atoms with E-state index in [-0.39, 0.29) is 12.4 Å². The van der Waals surface area contributed by atoms with Gasteiger partial charge in [0.2, 0.25) is 0 Å². The van der Waals surface area contributed by atoms with E-state index in [1.54, 1.807) is 29.1 Å². The number of hydrogen-bond acceptors (Lipinski definition) is 3. The van der Waals surface area contributed by atoms with Crippen LogP contribution >= 0.6 is 38.5 Å². The second kappa shape index (κ2) is 6.56. The zero-order valence-corrected chi connectivity index (χ0v) is 15.8. The summed E-state index contributed by atoms with van der Waals surface area (Å²) in [7, 11) is 1.32. The first kappa shape index (κ1) is 16.4. The van der Waals surface area contributed by atoms with Crippen LogP contribution in [0.25, 0.3) is 10.9 Å². The molecule has 0 amide bonds. The molecule has 0 spiro atoms. The number of esters is 1. The van der Waals surface area contributed by atoms with Crippen molar-refractivity contribution >= 4 is 55.4 Å². The summed E-state index contributed by atoms with van der Waals surface area (Å²) in [6, 6.07) is 6.73. The molecule has 118 valence electrons. The lowest BCUT2D eigenvalue weighted by atomic mass is 10.2. The number of halogens is 3. The highest BCUT2D eigenvalue weighted by Gasteiger charge is 2.19. The lowest BCUT2D eigenvalue weighted by Gasteiger charge is -2.10. The zero-order chi connectivity index (χ0) is 16.6. The van der Waals surface area contributed by atoms with Gasteiger partial charge in [-0.25, -0.2) is 9.18 Å². The van der Waals surface area contributed by atoms with E-state index in [0.717, 1.165) is 18.9 Å². The third-order valence-electron chi connectivity index (χ3n) is 3.52. The molecule has 3 aromatic rings. The smallest absolute Gasteiger partial charge is 0.354 e. The van der Waals surface area contributed by atoms with Crippen LogP contribution in [0.2, 0.25) is 0 Å². The second-order valence-corrected chi connectivity index (χ2v) is 7.00. The fraction of sp³-hybridized carbons (Fsp3) is 0.125. The Morgan fingerprint density at radius 3 is 2.87 bits per heavy atom. The molecule has 4 nitrogen and oxygen atoms in total. The highest BCUT2D eigenvalue weighted by Crippen LogP contribution is 2.28. The van der Waals surface area contributed by atoms with E-state index in [4.69, 9.17) is 4.74 Å². The van der Waals surface area contributed by atoms with Crippen LogP contribution in [0.15, 0.2) is 41.1 Å². The van der Waals surface area contributed by atoms with E-state index in [1.165, 1.54) is 13.2 Å². The Labute approximate surface area is 153 Å². The molecule has 0 bridgehead atoms. The largest absolute Gasteiger partial charge is 0.464 e. The minimum Gasteiger partial charge on any atom is -0.464 e. The average Bonchev–Trinajstić information content (AvgIpc) is 2.89. The summed E-state index contributed by atoms with van der Waals surface area (Å²) in [5.74, 6) is -0.781. The van der Waals surface area contributed by atoms with Gasteiger partial charge in [0.15, 0.2) is 0 Å². The lowest BCUT2D eigenvalue weighted by Crippen LogP contribution is -2.12.